The second-order valence-corrected chi connectivity index (χ2v) is 7.52. The molecule has 0 aromatic heterocycles. The van der Waals surface area contributed by atoms with Crippen LogP contribution in [0.1, 0.15) is 49.1 Å². The first-order valence-corrected chi connectivity index (χ1v) is 7.96. The first kappa shape index (κ1) is 13.2. The molecule has 0 radical (unpaired) electrons. The van der Waals surface area contributed by atoms with E-state index in [0.717, 1.165) is 11.3 Å². The average Bonchev–Trinajstić information content (AvgIpc) is 2.88. The lowest BCUT2D eigenvalue weighted by atomic mass is 9.78. The molecule has 102 valence electrons. The summed E-state index contributed by atoms with van der Waals surface area (Å²) in [4.78, 5) is 11.8. The van der Waals surface area contributed by atoms with Gasteiger partial charge >= 0.3 is 0 Å². The molecule has 1 saturated carbocycles. The highest BCUT2D eigenvalue weighted by Crippen LogP contribution is 2.52. The molecule has 1 aliphatic heterocycles. The minimum Gasteiger partial charge on any atom is -0.326 e. The van der Waals surface area contributed by atoms with Crippen LogP contribution in [0.3, 0.4) is 0 Å². The van der Waals surface area contributed by atoms with Gasteiger partial charge in [-0.25, -0.2) is 0 Å². The molecule has 2 nitrogen and oxygen atoms in total. The average molecular weight is 322 g/mol. The summed E-state index contributed by atoms with van der Waals surface area (Å²) in [6, 6.07) is 6.39. The third-order valence-corrected chi connectivity index (χ3v) is 5.93. The van der Waals surface area contributed by atoms with Crippen molar-refractivity contribution >= 4 is 27.5 Å². The third kappa shape index (κ3) is 2.33. The molecule has 1 N–H and O–H groups in total. The minimum atomic E-state index is 0.111. The molecule has 0 saturated heterocycles. The van der Waals surface area contributed by atoms with Gasteiger partial charge in [-0.15, -0.1) is 0 Å². The molecule has 1 aliphatic carbocycles. The van der Waals surface area contributed by atoms with Crippen molar-refractivity contribution in [1.82, 2.24) is 0 Å². The molecule has 19 heavy (non-hydrogen) atoms. The number of nitrogens with one attached hydrogen (secondary N) is 1. The largest absolute Gasteiger partial charge is 0.326 e. The predicted molar refractivity (Wildman–Crippen MR) is 81.6 cm³/mol. The quantitative estimate of drug-likeness (QED) is 0.801. The maximum atomic E-state index is 11.4. The highest BCUT2D eigenvalue weighted by atomic mass is 79.9. The maximum absolute atomic E-state index is 11.4. The Bertz CT molecular complexity index is 523. The van der Waals surface area contributed by atoms with Crippen molar-refractivity contribution in [2.24, 2.45) is 11.3 Å². The summed E-state index contributed by atoms with van der Waals surface area (Å²) < 4.78 is 0. The van der Waals surface area contributed by atoms with Crippen molar-refractivity contribution in [3.63, 3.8) is 0 Å². The highest BCUT2D eigenvalue weighted by Gasteiger charge is 2.39. The number of hydrogen-bond acceptors (Lipinski definition) is 1. The Hall–Kier alpha value is -0.830. The third-order valence-electron chi connectivity index (χ3n) is 4.77. The summed E-state index contributed by atoms with van der Waals surface area (Å²) in [6.07, 6.45) is 4.45. The number of carbonyl (C=O) groups excluding carboxylic acids is 1. The molecular formula is C16H20BrNO. The van der Waals surface area contributed by atoms with Crippen molar-refractivity contribution < 1.29 is 4.79 Å². The van der Waals surface area contributed by atoms with Crippen LogP contribution in [0, 0.1) is 11.3 Å². The van der Waals surface area contributed by atoms with Crippen LogP contribution < -0.4 is 5.32 Å². The fourth-order valence-electron chi connectivity index (χ4n) is 3.55. The van der Waals surface area contributed by atoms with Gasteiger partial charge < -0.3 is 5.32 Å². The summed E-state index contributed by atoms with van der Waals surface area (Å²) in [5.41, 5.74) is 3.85. The molecule has 3 heteroatoms. The summed E-state index contributed by atoms with van der Waals surface area (Å²) in [6.45, 7) is 4.74. The normalized spacial score (nSPS) is 26.1. The number of alkyl halides is 1. The Morgan fingerprint density at radius 1 is 1.42 bits per heavy atom. The standard InChI is InChI=1S/C16H20BrNO/c1-16(2)7-3-4-12(16)15(17)10-5-6-13-11(8-10)9-14(19)18-13/h5-6,8,12,15H,3-4,7,9H2,1-2H3,(H,18,19). The van der Waals surface area contributed by atoms with Crippen LogP contribution >= 0.6 is 15.9 Å². The van der Waals surface area contributed by atoms with Crippen LogP contribution in [0.4, 0.5) is 5.69 Å². The van der Waals surface area contributed by atoms with Gasteiger partial charge in [-0.2, -0.15) is 0 Å². The zero-order valence-corrected chi connectivity index (χ0v) is 13.1. The zero-order chi connectivity index (χ0) is 13.6. The van der Waals surface area contributed by atoms with E-state index in [-0.39, 0.29) is 5.91 Å². The summed E-state index contributed by atoms with van der Waals surface area (Å²) >= 11 is 3.91. The number of carbonyl (C=O) groups is 1. The number of fused-ring (bicyclic) bond motifs is 1. The molecule has 1 aromatic carbocycles. The molecule has 1 aromatic rings. The van der Waals surface area contributed by atoms with Gasteiger partial charge in [0.25, 0.3) is 0 Å². The molecule has 1 heterocycles. The van der Waals surface area contributed by atoms with Crippen molar-refractivity contribution in [2.75, 3.05) is 5.32 Å². The van der Waals surface area contributed by atoms with E-state index in [1.165, 1.54) is 24.8 Å². The fourth-order valence-corrected chi connectivity index (χ4v) is 4.81. The molecule has 3 rings (SSSR count). The zero-order valence-electron chi connectivity index (χ0n) is 11.5. The van der Waals surface area contributed by atoms with Crippen LogP contribution in [-0.2, 0) is 11.2 Å². The summed E-state index contributed by atoms with van der Waals surface area (Å²) in [5.74, 6) is 0.787. The lowest BCUT2D eigenvalue weighted by molar-refractivity contribution is -0.115. The van der Waals surface area contributed by atoms with Crippen molar-refractivity contribution in [1.29, 1.82) is 0 Å². The van der Waals surface area contributed by atoms with E-state index in [1.807, 2.05) is 6.07 Å². The van der Waals surface area contributed by atoms with Crippen molar-refractivity contribution in [3.05, 3.63) is 29.3 Å². The first-order valence-electron chi connectivity index (χ1n) is 7.04. The first-order chi connectivity index (χ1) is 8.97. The molecule has 0 spiro atoms. The van der Waals surface area contributed by atoms with Gasteiger partial charge in [0.05, 0.1) is 6.42 Å². The Labute approximate surface area is 123 Å². The molecule has 0 bridgehead atoms. The second-order valence-electron chi connectivity index (χ2n) is 6.53. The van der Waals surface area contributed by atoms with Crippen molar-refractivity contribution in [2.45, 2.75) is 44.4 Å². The van der Waals surface area contributed by atoms with E-state index in [1.54, 1.807) is 0 Å². The van der Waals surface area contributed by atoms with E-state index in [0.29, 0.717) is 22.6 Å². The van der Waals surface area contributed by atoms with E-state index < -0.39 is 0 Å². The van der Waals surface area contributed by atoms with Gasteiger partial charge in [-0.3, -0.25) is 4.79 Å². The van der Waals surface area contributed by atoms with Crippen LogP contribution in [0.25, 0.3) is 0 Å². The van der Waals surface area contributed by atoms with Gasteiger partial charge in [0.2, 0.25) is 5.91 Å². The molecule has 1 amide bonds. The number of benzene rings is 1. The highest BCUT2D eigenvalue weighted by molar-refractivity contribution is 9.09. The van der Waals surface area contributed by atoms with Gasteiger partial charge in [0, 0.05) is 10.5 Å². The van der Waals surface area contributed by atoms with Crippen LogP contribution in [-0.4, -0.2) is 5.91 Å². The minimum absolute atomic E-state index is 0.111. The van der Waals surface area contributed by atoms with E-state index in [4.69, 9.17) is 0 Å². The molecule has 2 atom stereocenters. The smallest absolute Gasteiger partial charge is 0.228 e. The van der Waals surface area contributed by atoms with E-state index >= 15 is 0 Å². The Morgan fingerprint density at radius 2 is 2.21 bits per heavy atom. The number of anilines is 1. The predicted octanol–water partition coefficient (Wildman–Crippen LogP) is 4.44. The number of hydrogen-bond donors (Lipinski definition) is 1. The Morgan fingerprint density at radius 3 is 2.89 bits per heavy atom. The van der Waals surface area contributed by atoms with E-state index in [2.05, 4.69) is 47.2 Å². The van der Waals surface area contributed by atoms with Gasteiger partial charge in [0.15, 0.2) is 0 Å². The monoisotopic (exact) mass is 321 g/mol. The number of amides is 1. The molecule has 2 unspecified atom stereocenters. The van der Waals surface area contributed by atoms with Crippen molar-refractivity contribution in [3.8, 4) is 0 Å². The maximum Gasteiger partial charge on any atom is 0.228 e. The lowest BCUT2D eigenvalue weighted by Gasteiger charge is -2.31. The number of halogens is 1. The molecular weight excluding hydrogens is 302 g/mol. The number of rotatable bonds is 2. The van der Waals surface area contributed by atoms with E-state index in [9.17, 15) is 4.79 Å². The van der Waals surface area contributed by atoms with Gasteiger partial charge in [-0.1, -0.05) is 48.3 Å². The molecule has 1 fully saturated rings. The fraction of sp³-hybridized carbons (Fsp3) is 0.562. The van der Waals surface area contributed by atoms with Crippen LogP contribution in [0.15, 0.2) is 18.2 Å². The van der Waals surface area contributed by atoms with Crippen LogP contribution in [0.5, 0.6) is 0 Å². The molecule has 2 aliphatic rings. The Kier molecular flexibility index (Phi) is 3.20. The SMILES string of the molecule is CC1(C)CCCC1C(Br)c1ccc2c(c1)CC(=O)N2. The van der Waals surface area contributed by atoms with Gasteiger partial charge in [0.1, 0.15) is 0 Å². The Balaban J connectivity index is 1.87. The summed E-state index contributed by atoms with van der Waals surface area (Å²) in [5, 5.41) is 2.90. The second kappa shape index (κ2) is 4.62. The lowest BCUT2D eigenvalue weighted by Crippen LogP contribution is -2.21. The van der Waals surface area contributed by atoms with Gasteiger partial charge in [-0.05, 0) is 41.4 Å². The summed E-state index contributed by atoms with van der Waals surface area (Å²) in [7, 11) is 0. The topological polar surface area (TPSA) is 29.1 Å². The van der Waals surface area contributed by atoms with Crippen LogP contribution in [0.2, 0.25) is 0 Å².